The number of nitrogens with one attached hydrogen (secondary N) is 1. The molecule has 1 atom stereocenters. The Labute approximate surface area is 116 Å². The predicted molar refractivity (Wildman–Crippen MR) is 77.1 cm³/mol. The number of carbonyl (C=O) groups excluding carboxylic acids is 1. The van der Waals surface area contributed by atoms with E-state index in [1.54, 1.807) is 12.4 Å². The predicted octanol–water partition coefficient (Wildman–Crippen LogP) is 3.34. The summed E-state index contributed by atoms with van der Waals surface area (Å²) in [6.07, 6.45) is 0. The first-order chi connectivity index (χ1) is 9.20. The summed E-state index contributed by atoms with van der Waals surface area (Å²) in [6.45, 7) is 1.75. The van der Waals surface area contributed by atoms with Crippen LogP contribution >= 0.6 is 11.8 Å². The lowest BCUT2D eigenvalue weighted by molar-refractivity contribution is -0.128. The monoisotopic (exact) mass is 273 g/mol. The summed E-state index contributed by atoms with van der Waals surface area (Å²) in [5.41, 5.74) is 3.97. The van der Waals surface area contributed by atoms with Gasteiger partial charge in [-0.25, -0.2) is 5.48 Å². The molecule has 98 valence electrons. The summed E-state index contributed by atoms with van der Waals surface area (Å²) in [5.74, 6) is -0.392. The molecule has 0 aliphatic heterocycles. The third kappa shape index (κ3) is 3.59. The number of benzene rings is 2. The third-order valence-electron chi connectivity index (χ3n) is 2.75. The highest BCUT2D eigenvalue weighted by molar-refractivity contribution is 8.00. The lowest BCUT2D eigenvalue weighted by atomic mass is 10.1. The van der Waals surface area contributed by atoms with E-state index in [1.165, 1.54) is 17.3 Å². The minimum atomic E-state index is -0.392. The molecule has 0 bridgehead atoms. The molecule has 1 amide bonds. The lowest BCUT2D eigenvalue weighted by Crippen LogP contribution is -2.27. The number of amides is 1. The van der Waals surface area contributed by atoms with Crippen molar-refractivity contribution < 1.29 is 10.0 Å². The fraction of sp³-hybridized carbons (Fsp3) is 0.133. The molecule has 0 spiro atoms. The van der Waals surface area contributed by atoms with Crippen molar-refractivity contribution in [3.8, 4) is 11.1 Å². The molecule has 0 heterocycles. The van der Waals surface area contributed by atoms with Crippen LogP contribution in [0.4, 0.5) is 0 Å². The number of rotatable bonds is 4. The van der Waals surface area contributed by atoms with Crippen LogP contribution in [-0.2, 0) is 4.79 Å². The Hall–Kier alpha value is -1.78. The van der Waals surface area contributed by atoms with Crippen molar-refractivity contribution >= 4 is 17.7 Å². The van der Waals surface area contributed by atoms with Gasteiger partial charge in [-0.3, -0.25) is 10.0 Å². The standard InChI is InChI=1S/C15H15NO2S/c1-11(15(17)16-18)19-14-9-7-13(8-10-14)12-5-3-2-4-6-12/h2-11,18H,1H3,(H,16,17). The van der Waals surface area contributed by atoms with Crippen molar-refractivity contribution in [3.63, 3.8) is 0 Å². The Morgan fingerprint density at radius 1 is 1.05 bits per heavy atom. The second-order valence-electron chi connectivity index (χ2n) is 4.13. The minimum absolute atomic E-state index is 0.326. The maximum atomic E-state index is 11.2. The van der Waals surface area contributed by atoms with Crippen LogP contribution in [0.15, 0.2) is 59.5 Å². The molecule has 4 heteroatoms. The summed E-state index contributed by atoms with van der Waals surface area (Å²) < 4.78 is 0. The molecular weight excluding hydrogens is 258 g/mol. The summed E-state index contributed by atoms with van der Waals surface area (Å²) >= 11 is 1.41. The van der Waals surface area contributed by atoms with Gasteiger partial charge in [0.2, 0.25) is 0 Å². The van der Waals surface area contributed by atoms with Gasteiger partial charge in [0, 0.05) is 4.90 Å². The van der Waals surface area contributed by atoms with Gasteiger partial charge in [0.1, 0.15) is 0 Å². The van der Waals surface area contributed by atoms with Gasteiger partial charge < -0.3 is 0 Å². The molecule has 0 aromatic heterocycles. The van der Waals surface area contributed by atoms with E-state index in [-0.39, 0.29) is 5.25 Å². The number of hydroxylamine groups is 1. The van der Waals surface area contributed by atoms with Crippen LogP contribution < -0.4 is 5.48 Å². The minimum Gasteiger partial charge on any atom is -0.289 e. The van der Waals surface area contributed by atoms with E-state index < -0.39 is 5.91 Å². The van der Waals surface area contributed by atoms with Gasteiger partial charge >= 0.3 is 0 Å². The molecule has 2 aromatic rings. The van der Waals surface area contributed by atoms with Crippen molar-refractivity contribution in [1.82, 2.24) is 5.48 Å². The fourth-order valence-electron chi connectivity index (χ4n) is 1.71. The van der Waals surface area contributed by atoms with Gasteiger partial charge in [-0.1, -0.05) is 42.5 Å². The second kappa shape index (κ2) is 6.41. The van der Waals surface area contributed by atoms with Gasteiger partial charge in [-0.05, 0) is 30.2 Å². The average molecular weight is 273 g/mol. The highest BCUT2D eigenvalue weighted by Crippen LogP contribution is 2.26. The summed E-state index contributed by atoms with van der Waals surface area (Å²) in [5, 5.41) is 8.24. The number of thioether (sulfide) groups is 1. The van der Waals surface area contributed by atoms with Gasteiger partial charge in [-0.15, -0.1) is 11.8 Å². The van der Waals surface area contributed by atoms with Crippen LogP contribution in [0.25, 0.3) is 11.1 Å². The largest absolute Gasteiger partial charge is 0.289 e. The SMILES string of the molecule is CC(Sc1ccc(-c2ccccc2)cc1)C(=O)NO. The number of hydrogen-bond acceptors (Lipinski definition) is 3. The van der Waals surface area contributed by atoms with Gasteiger partial charge in [0.15, 0.2) is 0 Å². The van der Waals surface area contributed by atoms with Crippen molar-refractivity contribution in [1.29, 1.82) is 0 Å². The highest BCUT2D eigenvalue weighted by Gasteiger charge is 2.13. The Morgan fingerprint density at radius 2 is 1.63 bits per heavy atom. The molecule has 1 unspecified atom stereocenters. The number of carbonyl (C=O) groups is 1. The topological polar surface area (TPSA) is 49.3 Å². The average Bonchev–Trinajstić information content (AvgIpc) is 2.48. The van der Waals surface area contributed by atoms with Gasteiger partial charge in [0.25, 0.3) is 5.91 Å². The first-order valence-corrected chi connectivity index (χ1v) is 6.85. The molecule has 0 saturated heterocycles. The zero-order valence-electron chi connectivity index (χ0n) is 10.5. The zero-order valence-corrected chi connectivity index (χ0v) is 11.4. The Bertz CT molecular complexity index is 540. The first-order valence-electron chi connectivity index (χ1n) is 5.97. The molecule has 2 aromatic carbocycles. The summed E-state index contributed by atoms with van der Waals surface area (Å²) in [4.78, 5) is 12.2. The Balaban J connectivity index is 2.09. The smallest absolute Gasteiger partial charge is 0.256 e. The molecule has 2 rings (SSSR count). The quantitative estimate of drug-likeness (QED) is 0.510. The highest BCUT2D eigenvalue weighted by atomic mass is 32.2. The van der Waals surface area contributed by atoms with E-state index in [0.717, 1.165) is 10.5 Å². The van der Waals surface area contributed by atoms with Crippen LogP contribution in [0.2, 0.25) is 0 Å². The molecule has 3 nitrogen and oxygen atoms in total. The van der Waals surface area contributed by atoms with Crippen molar-refractivity contribution in [2.45, 2.75) is 17.1 Å². The zero-order chi connectivity index (χ0) is 13.7. The molecule has 0 radical (unpaired) electrons. The third-order valence-corrected chi connectivity index (χ3v) is 3.87. The van der Waals surface area contributed by atoms with Crippen molar-refractivity contribution in [3.05, 3.63) is 54.6 Å². The summed E-state index contributed by atoms with van der Waals surface area (Å²) in [7, 11) is 0. The van der Waals surface area contributed by atoms with Crippen LogP contribution in [0.3, 0.4) is 0 Å². The van der Waals surface area contributed by atoms with E-state index in [9.17, 15) is 4.79 Å². The lowest BCUT2D eigenvalue weighted by Gasteiger charge is -2.09. The van der Waals surface area contributed by atoms with E-state index in [0.29, 0.717) is 0 Å². The van der Waals surface area contributed by atoms with E-state index in [2.05, 4.69) is 12.1 Å². The molecular formula is C15H15NO2S. The second-order valence-corrected chi connectivity index (χ2v) is 5.54. The maximum Gasteiger partial charge on any atom is 0.256 e. The molecule has 19 heavy (non-hydrogen) atoms. The van der Waals surface area contributed by atoms with Gasteiger partial charge in [-0.2, -0.15) is 0 Å². The van der Waals surface area contributed by atoms with Crippen molar-refractivity contribution in [2.75, 3.05) is 0 Å². The molecule has 0 aliphatic rings. The fourth-order valence-corrected chi connectivity index (χ4v) is 2.57. The van der Waals surface area contributed by atoms with Crippen LogP contribution in [-0.4, -0.2) is 16.4 Å². The van der Waals surface area contributed by atoms with Gasteiger partial charge in [0.05, 0.1) is 5.25 Å². The number of hydrogen-bond donors (Lipinski definition) is 2. The van der Waals surface area contributed by atoms with Crippen molar-refractivity contribution in [2.24, 2.45) is 0 Å². The summed E-state index contributed by atoms with van der Waals surface area (Å²) in [6, 6.07) is 18.1. The van der Waals surface area contributed by atoms with E-state index in [1.807, 2.05) is 42.5 Å². The van der Waals surface area contributed by atoms with Crippen LogP contribution in [0.1, 0.15) is 6.92 Å². The molecule has 0 aliphatic carbocycles. The molecule has 0 saturated carbocycles. The van der Waals surface area contributed by atoms with Crippen LogP contribution in [0, 0.1) is 0 Å². The Kier molecular flexibility index (Phi) is 4.60. The molecule has 2 N–H and O–H groups in total. The molecule has 0 fully saturated rings. The maximum absolute atomic E-state index is 11.2. The normalized spacial score (nSPS) is 11.9. The van der Waals surface area contributed by atoms with Crippen LogP contribution in [0.5, 0.6) is 0 Å². The van der Waals surface area contributed by atoms with E-state index in [4.69, 9.17) is 5.21 Å². The first kappa shape index (κ1) is 13.6. The Morgan fingerprint density at radius 3 is 2.21 bits per heavy atom. The van der Waals surface area contributed by atoms with E-state index >= 15 is 0 Å².